The van der Waals surface area contributed by atoms with Gasteiger partial charge in [0.15, 0.2) is 0 Å². The fourth-order valence-corrected chi connectivity index (χ4v) is 4.29. The molecule has 0 bridgehead atoms. The van der Waals surface area contributed by atoms with Crippen LogP contribution in [0.1, 0.15) is 36.5 Å². The van der Waals surface area contributed by atoms with Crippen LogP contribution in [-0.4, -0.2) is 31.8 Å². The zero-order valence-electron chi connectivity index (χ0n) is 17.0. The minimum Gasteiger partial charge on any atom is -0.490 e. The zero-order chi connectivity index (χ0) is 20.2. The van der Waals surface area contributed by atoms with Gasteiger partial charge in [-0.2, -0.15) is 0 Å². The number of ether oxygens (including phenoxy) is 2. The highest BCUT2D eigenvalue weighted by Crippen LogP contribution is 2.32. The van der Waals surface area contributed by atoms with Gasteiger partial charge in [-0.25, -0.2) is 4.79 Å². The molecular formula is C25H27NO3. The quantitative estimate of drug-likeness (QED) is 0.525. The number of fused-ring (bicyclic) bond motifs is 1. The molecule has 3 aromatic carbocycles. The Kier molecular flexibility index (Phi) is 5.70. The van der Waals surface area contributed by atoms with E-state index in [1.54, 1.807) is 12.1 Å². The van der Waals surface area contributed by atoms with Crippen molar-refractivity contribution in [2.75, 3.05) is 18.6 Å². The average Bonchev–Trinajstić information content (AvgIpc) is 3.22. The Morgan fingerprint density at radius 2 is 1.76 bits per heavy atom. The maximum absolute atomic E-state index is 11.6. The summed E-state index contributed by atoms with van der Waals surface area (Å²) in [5.74, 6) is 0.475. The molecule has 0 N–H and O–H groups in total. The molecule has 4 nitrogen and oxygen atoms in total. The van der Waals surface area contributed by atoms with Crippen molar-refractivity contribution in [2.24, 2.45) is 0 Å². The third kappa shape index (κ3) is 4.21. The third-order valence-corrected chi connectivity index (χ3v) is 5.78. The number of benzene rings is 3. The number of anilines is 1. The lowest BCUT2D eigenvalue weighted by atomic mass is 10.1. The van der Waals surface area contributed by atoms with Crippen molar-refractivity contribution in [1.82, 2.24) is 0 Å². The van der Waals surface area contributed by atoms with Crippen LogP contribution >= 0.6 is 0 Å². The summed E-state index contributed by atoms with van der Waals surface area (Å²) in [5, 5.41) is 2.55. The molecule has 3 aromatic rings. The minimum absolute atomic E-state index is 0.193. The molecule has 0 radical (unpaired) electrons. The van der Waals surface area contributed by atoms with Crippen molar-refractivity contribution >= 4 is 22.4 Å². The molecule has 0 aromatic heterocycles. The lowest BCUT2D eigenvalue weighted by molar-refractivity contribution is 0.0600. The standard InChI is InChI=1S/C25H27NO3/c1-3-26(21-11-8-18-6-4-5-7-20(18)16-21)22-12-15-24(17-22)29-23-13-9-19(10-14-23)25(27)28-2/h4-11,13-14,16,22,24H,3,12,15,17H2,1-2H3. The predicted molar refractivity (Wildman–Crippen MR) is 117 cm³/mol. The van der Waals surface area contributed by atoms with E-state index in [0.717, 1.165) is 31.6 Å². The Morgan fingerprint density at radius 3 is 2.48 bits per heavy atom. The summed E-state index contributed by atoms with van der Waals surface area (Å²) in [7, 11) is 1.39. The van der Waals surface area contributed by atoms with Crippen molar-refractivity contribution in [3.63, 3.8) is 0 Å². The molecule has 0 aliphatic heterocycles. The van der Waals surface area contributed by atoms with E-state index in [-0.39, 0.29) is 12.1 Å². The van der Waals surface area contributed by atoms with Gasteiger partial charge in [0.2, 0.25) is 0 Å². The number of carbonyl (C=O) groups excluding carboxylic acids is 1. The van der Waals surface area contributed by atoms with E-state index >= 15 is 0 Å². The molecule has 1 fully saturated rings. The molecule has 2 unspecified atom stereocenters. The number of methoxy groups -OCH3 is 1. The van der Waals surface area contributed by atoms with Crippen LogP contribution in [0, 0.1) is 0 Å². The monoisotopic (exact) mass is 389 g/mol. The van der Waals surface area contributed by atoms with Gasteiger partial charge >= 0.3 is 5.97 Å². The van der Waals surface area contributed by atoms with Crippen molar-refractivity contribution in [3.05, 3.63) is 72.3 Å². The molecular weight excluding hydrogens is 362 g/mol. The topological polar surface area (TPSA) is 38.8 Å². The van der Waals surface area contributed by atoms with Gasteiger partial charge in [-0.05, 0) is 66.9 Å². The highest BCUT2D eigenvalue weighted by Gasteiger charge is 2.30. The van der Waals surface area contributed by atoms with Crippen LogP contribution in [0.5, 0.6) is 5.75 Å². The van der Waals surface area contributed by atoms with Crippen LogP contribution in [0.4, 0.5) is 5.69 Å². The average molecular weight is 389 g/mol. The molecule has 0 amide bonds. The summed E-state index contributed by atoms with van der Waals surface area (Å²) < 4.78 is 10.9. The maximum Gasteiger partial charge on any atom is 0.337 e. The minimum atomic E-state index is -0.327. The predicted octanol–water partition coefficient (Wildman–Crippen LogP) is 5.45. The second-order valence-electron chi connectivity index (χ2n) is 7.54. The van der Waals surface area contributed by atoms with Crippen LogP contribution in [0.25, 0.3) is 10.8 Å². The fourth-order valence-electron chi connectivity index (χ4n) is 4.29. The largest absolute Gasteiger partial charge is 0.490 e. The Bertz CT molecular complexity index is 983. The van der Waals surface area contributed by atoms with Gasteiger partial charge in [0.05, 0.1) is 12.7 Å². The first-order valence-corrected chi connectivity index (χ1v) is 10.3. The lowest BCUT2D eigenvalue weighted by Crippen LogP contribution is -2.34. The van der Waals surface area contributed by atoms with Gasteiger partial charge < -0.3 is 14.4 Å². The number of carbonyl (C=O) groups is 1. The van der Waals surface area contributed by atoms with Crippen LogP contribution in [-0.2, 0) is 4.74 Å². The first-order chi connectivity index (χ1) is 14.2. The van der Waals surface area contributed by atoms with Crippen LogP contribution in [0.15, 0.2) is 66.7 Å². The first-order valence-electron chi connectivity index (χ1n) is 10.3. The highest BCUT2D eigenvalue weighted by atomic mass is 16.5. The molecule has 4 heteroatoms. The summed E-state index contributed by atoms with van der Waals surface area (Å²) >= 11 is 0. The number of rotatable bonds is 6. The number of esters is 1. The molecule has 0 heterocycles. The molecule has 150 valence electrons. The summed E-state index contributed by atoms with van der Waals surface area (Å²) in [4.78, 5) is 14.1. The summed E-state index contributed by atoms with van der Waals surface area (Å²) in [6.07, 6.45) is 3.34. The van der Waals surface area contributed by atoms with Gasteiger partial charge in [0.25, 0.3) is 0 Å². The Labute approximate surface area is 172 Å². The second-order valence-corrected chi connectivity index (χ2v) is 7.54. The Hall–Kier alpha value is -3.01. The highest BCUT2D eigenvalue weighted by molar-refractivity contribution is 5.89. The van der Waals surface area contributed by atoms with Gasteiger partial charge in [0, 0.05) is 24.7 Å². The first kappa shape index (κ1) is 19.3. The Morgan fingerprint density at radius 1 is 1.00 bits per heavy atom. The van der Waals surface area contributed by atoms with Crippen LogP contribution < -0.4 is 9.64 Å². The maximum atomic E-state index is 11.6. The summed E-state index contributed by atoms with van der Waals surface area (Å²) in [6, 6.07) is 22.9. The molecule has 2 atom stereocenters. The van der Waals surface area contributed by atoms with Crippen LogP contribution in [0.2, 0.25) is 0 Å². The molecule has 1 aliphatic rings. The SMILES string of the molecule is CCN(c1ccc2ccccc2c1)C1CCC(Oc2ccc(C(=O)OC)cc2)C1. The molecule has 4 rings (SSSR count). The number of hydrogen-bond acceptors (Lipinski definition) is 4. The van der Waals surface area contributed by atoms with Gasteiger partial charge in [0.1, 0.15) is 11.9 Å². The molecule has 29 heavy (non-hydrogen) atoms. The van der Waals surface area contributed by atoms with E-state index in [2.05, 4.69) is 54.3 Å². The number of hydrogen-bond donors (Lipinski definition) is 0. The molecule has 1 aliphatic carbocycles. The third-order valence-electron chi connectivity index (χ3n) is 5.78. The Balaban J connectivity index is 1.42. The van der Waals surface area contributed by atoms with E-state index in [9.17, 15) is 4.79 Å². The van der Waals surface area contributed by atoms with E-state index in [1.807, 2.05) is 12.1 Å². The van der Waals surface area contributed by atoms with Crippen molar-refractivity contribution in [2.45, 2.75) is 38.3 Å². The summed E-state index contributed by atoms with van der Waals surface area (Å²) in [6.45, 7) is 3.19. The van der Waals surface area contributed by atoms with Gasteiger partial charge in [-0.1, -0.05) is 30.3 Å². The van der Waals surface area contributed by atoms with E-state index in [4.69, 9.17) is 9.47 Å². The van der Waals surface area contributed by atoms with Crippen molar-refractivity contribution < 1.29 is 14.3 Å². The molecule has 0 saturated heterocycles. The van der Waals surface area contributed by atoms with E-state index < -0.39 is 0 Å². The van der Waals surface area contributed by atoms with Gasteiger partial charge in [-0.15, -0.1) is 0 Å². The second kappa shape index (κ2) is 8.56. The zero-order valence-corrected chi connectivity index (χ0v) is 17.0. The van der Waals surface area contributed by atoms with Crippen LogP contribution in [0.3, 0.4) is 0 Å². The smallest absolute Gasteiger partial charge is 0.337 e. The van der Waals surface area contributed by atoms with E-state index in [1.165, 1.54) is 23.6 Å². The fraction of sp³-hybridized carbons (Fsp3) is 0.320. The van der Waals surface area contributed by atoms with E-state index in [0.29, 0.717) is 11.6 Å². The lowest BCUT2D eigenvalue weighted by Gasteiger charge is -2.30. The molecule has 1 saturated carbocycles. The molecule has 0 spiro atoms. The summed E-state index contributed by atoms with van der Waals surface area (Å²) in [5.41, 5.74) is 1.82. The van der Waals surface area contributed by atoms with Crippen molar-refractivity contribution in [1.29, 1.82) is 0 Å². The van der Waals surface area contributed by atoms with Crippen molar-refractivity contribution in [3.8, 4) is 5.75 Å². The van der Waals surface area contributed by atoms with Gasteiger partial charge in [-0.3, -0.25) is 0 Å². The normalized spacial score (nSPS) is 18.6. The number of nitrogens with zero attached hydrogens (tertiary/aromatic N) is 1.